The molecule has 0 bridgehead atoms. The minimum atomic E-state index is -0.0754. The summed E-state index contributed by atoms with van der Waals surface area (Å²) < 4.78 is 6.65. The zero-order chi connectivity index (χ0) is 16.2. The molecular weight excluding hydrogens is 469 g/mol. The van der Waals surface area contributed by atoms with E-state index in [4.69, 9.17) is 10.5 Å². The Morgan fingerprint density at radius 1 is 1.26 bits per heavy atom. The Hall–Kier alpha value is -0.340. The highest BCUT2D eigenvalue weighted by molar-refractivity contribution is 14.0. The van der Waals surface area contributed by atoms with Crippen LogP contribution in [0.15, 0.2) is 33.7 Å². The molecule has 1 aliphatic rings. The predicted molar refractivity (Wildman–Crippen MR) is 111 cm³/mol. The van der Waals surface area contributed by atoms with Crippen LogP contribution in [0.25, 0.3) is 0 Å². The van der Waals surface area contributed by atoms with Gasteiger partial charge in [0.2, 0.25) is 0 Å². The van der Waals surface area contributed by atoms with Crippen molar-refractivity contribution in [3.63, 3.8) is 0 Å². The maximum Gasteiger partial charge on any atom is 0.189 e. The Labute approximate surface area is 164 Å². The second-order valence-corrected chi connectivity index (χ2v) is 7.89. The third-order valence-electron chi connectivity index (χ3n) is 3.96. The zero-order valence-corrected chi connectivity index (χ0v) is 18.0. The van der Waals surface area contributed by atoms with E-state index < -0.39 is 0 Å². The van der Waals surface area contributed by atoms with Crippen molar-refractivity contribution in [3.8, 4) is 0 Å². The third-order valence-corrected chi connectivity index (χ3v) is 4.49. The smallest absolute Gasteiger partial charge is 0.189 e. The number of rotatable bonds is 3. The van der Waals surface area contributed by atoms with Crippen molar-refractivity contribution < 1.29 is 4.74 Å². The molecule has 0 aliphatic carbocycles. The molecule has 0 unspecified atom stereocenters. The predicted octanol–water partition coefficient (Wildman–Crippen LogP) is 3.82. The van der Waals surface area contributed by atoms with E-state index in [1.54, 1.807) is 0 Å². The van der Waals surface area contributed by atoms with Crippen molar-refractivity contribution in [2.45, 2.75) is 44.6 Å². The first-order chi connectivity index (χ1) is 10.3. The summed E-state index contributed by atoms with van der Waals surface area (Å²) in [5, 5.41) is 3.23. The summed E-state index contributed by atoms with van der Waals surface area (Å²) in [4.78, 5) is 4.62. The van der Waals surface area contributed by atoms with Crippen molar-refractivity contribution >= 4 is 45.9 Å². The van der Waals surface area contributed by atoms with E-state index in [1.165, 1.54) is 5.56 Å². The van der Waals surface area contributed by atoms with E-state index in [1.807, 2.05) is 0 Å². The first-order valence-electron chi connectivity index (χ1n) is 7.73. The van der Waals surface area contributed by atoms with E-state index in [2.05, 4.69) is 71.3 Å². The van der Waals surface area contributed by atoms with Crippen LogP contribution >= 0.6 is 39.9 Å². The second-order valence-electron chi connectivity index (χ2n) is 6.98. The summed E-state index contributed by atoms with van der Waals surface area (Å²) in [6.45, 7) is 8.47. The highest BCUT2D eigenvalue weighted by Gasteiger charge is 2.34. The molecule has 6 heteroatoms. The first-order valence-corrected chi connectivity index (χ1v) is 8.52. The minimum absolute atomic E-state index is 0. The number of aliphatic imine (C=N–C) groups is 1. The molecule has 1 aromatic rings. The van der Waals surface area contributed by atoms with Crippen molar-refractivity contribution in [3.05, 3.63) is 34.3 Å². The van der Waals surface area contributed by atoms with Gasteiger partial charge in [0.1, 0.15) is 0 Å². The lowest BCUT2D eigenvalue weighted by atomic mass is 9.74. The van der Waals surface area contributed by atoms with Crippen LogP contribution in [0.4, 0.5) is 0 Å². The summed E-state index contributed by atoms with van der Waals surface area (Å²) in [6, 6.07) is 8.54. The summed E-state index contributed by atoms with van der Waals surface area (Å²) in [5.41, 5.74) is 7.29. The van der Waals surface area contributed by atoms with Gasteiger partial charge in [0.05, 0.1) is 6.54 Å². The molecule has 1 saturated heterocycles. The van der Waals surface area contributed by atoms with Gasteiger partial charge in [-0.25, -0.2) is 0 Å². The van der Waals surface area contributed by atoms with Crippen LogP contribution in [-0.2, 0) is 10.2 Å². The first kappa shape index (κ1) is 20.7. The molecule has 1 fully saturated rings. The lowest BCUT2D eigenvalue weighted by Gasteiger charge is -2.36. The Morgan fingerprint density at radius 3 is 2.35 bits per heavy atom. The van der Waals surface area contributed by atoms with Gasteiger partial charge in [0.25, 0.3) is 0 Å². The molecular formula is C17H27BrIN3O. The molecule has 0 atom stereocenters. The van der Waals surface area contributed by atoms with E-state index in [0.29, 0.717) is 12.5 Å². The molecule has 2 rings (SSSR count). The molecule has 0 radical (unpaired) electrons. The molecule has 0 amide bonds. The number of ether oxygens (including phenoxy) is 1. The molecule has 1 aliphatic heterocycles. The van der Waals surface area contributed by atoms with Crippen molar-refractivity contribution in [1.82, 2.24) is 5.32 Å². The van der Waals surface area contributed by atoms with E-state index >= 15 is 0 Å². The fourth-order valence-corrected chi connectivity index (χ4v) is 3.03. The average molecular weight is 496 g/mol. The van der Waals surface area contributed by atoms with Gasteiger partial charge in [-0.2, -0.15) is 0 Å². The van der Waals surface area contributed by atoms with Gasteiger partial charge in [-0.15, -0.1) is 24.0 Å². The van der Waals surface area contributed by atoms with E-state index in [9.17, 15) is 0 Å². The molecule has 1 aromatic carbocycles. The Balaban J connectivity index is 0.00000264. The van der Waals surface area contributed by atoms with Crippen LogP contribution in [0.3, 0.4) is 0 Å². The van der Waals surface area contributed by atoms with Crippen LogP contribution < -0.4 is 11.1 Å². The molecule has 3 N–H and O–H groups in total. The minimum Gasteiger partial charge on any atom is -0.381 e. The number of hydrogen-bond donors (Lipinski definition) is 2. The van der Waals surface area contributed by atoms with Gasteiger partial charge < -0.3 is 15.8 Å². The number of benzene rings is 1. The SMILES string of the molecule is CC(C)(C)NC(N)=NCC1(c2ccc(Br)cc2)CCOCC1.I. The Kier molecular flexibility index (Phi) is 7.80. The fourth-order valence-electron chi connectivity index (χ4n) is 2.76. The van der Waals surface area contributed by atoms with Gasteiger partial charge in [0, 0.05) is 28.6 Å². The van der Waals surface area contributed by atoms with Gasteiger partial charge in [-0.1, -0.05) is 28.1 Å². The molecule has 4 nitrogen and oxygen atoms in total. The van der Waals surface area contributed by atoms with Crippen LogP contribution in [0.1, 0.15) is 39.2 Å². The fraction of sp³-hybridized carbons (Fsp3) is 0.588. The number of nitrogens with zero attached hydrogens (tertiary/aromatic N) is 1. The summed E-state index contributed by atoms with van der Waals surface area (Å²) in [5.74, 6) is 0.510. The van der Waals surface area contributed by atoms with Crippen LogP contribution in [-0.4, -0.2) is 31.3 Å². The Morgan fingerprint density at radius 2 is 1.83 bits per heavy atom. The van der Waals surface area contributed by atoms with Gasteiger partial charge in [-0.05, 0) is 51.3 Å². The molecule has 130 valence electrons. The number of halogens is 2. The summed E-state index contributed by atoms with van der Waals surface area (Å²) in [6.07, 6.45) is 1.95. The van der Waals surface area contributed by atoms with Gasteiger partial charge in [0.15, 0.2) is 5.96 Å². The third kappa shape index (κ3) is 6.23. The molecule has 23 heavy (non-hydrogen) atoms. The maximum atomic E-state index is 6.04. The highest BCUT2D eigenvalue weighted by Crippen LogP contribution is 2.35. The molecule has 0 aromatic heterocycles. The normalized spacial score (nSPS) is 18.2. The summed E-state index contributed by atoms with van der Waals surface area (Å²) >= 11 is 3.50. The highest BCUT2D eigenvalue weighted by atomic mass is 127. The second kappa shape index (κ2) is 8.67. The zero-order valence-electron chi connectivity index (χ0n) is 14.1. The Bertz CT molecular complexity index is 520. The van der Waals surface area contributed by atoms with Gasteiger partial charge >= 0.3 is 0 Å². The summed E-state index contributed by atoms with van der Waals surface area (Å²) in [7, 11) is 0. The average Bonchev–Trinajstić information content (AvgIpc) is 2.45. The lowest BCUT2D eigenvalue weighted by Crippen LogP contribution is -2.46. The van der Waals surface area contributed by atoms with Crippen molar-refractivity contribution in [2.75, 3.05) is 19.8 Å². The topological polar surface area (TPSA) is 59.6 Å². The van der Waals surface area contributed by atoms with Crippen LogP contribution in [0.5, 0.6) is 0 Å². The van der Waals surface area contributed by atoms with E-state index in [0.717, 1.165) is 30.5 Å². The number of guanidine groups is 1. The molecule has 1 heterocycles. The van der Waals surface area contributed by atoms with Crippen LogP contribution in [0, 0.1) is 0 Å². The standard InChI is InChI=1S/C17H26BrN3O.HI/c1-16(2,3)21-15(19)20-12-17(8-10-22-11-9-17)13-4-6-14(18)7-5-13;/h4-7H,8-12H2,1-3H3,(H3,19,20,21);1H. The van der Waals surface area contributed by atoms with Crippen LogP contribution in [0.2, 0.25) is 0 Å². The van der Waals surface area contributed by atoms with Crippen molar-refractivity contribution in [2.24, 2.45) is 10.7 Å². The van der Waals surface area contributed by atoms with Crippen molar-refractivity contribution in [1.29, 1.82) is 0 Å². The monoisotopic (exact) mass is 495 g/mol. The van der Waals surface area contributed by atoms with E-state index in [-0.39, 0.29) is 34.9 Å². The number of nitrogens with one attached hydrogen (secondary N) is 1. The largest absolute Gasteiger partial charge is 0.381 e. The number of hydrogen-bond acceptors (Lipinski definition) is 2. The lowest BCUT2D eigenvalue weighted by molar-refractivity contribution is 0.0531. The number of nitrogens with two attached hydrogens (primary N) is 1. The quantitative estimate of drug-likeness (QED) is 0.380. The van der Waals surface area contributed by atoms with Gasteiger partial charge in [-0.3, -0.25) is 4.99 Å². The maximum absolute atomic E-state index is 6.04. The molecule has 0 spiro atoms. The molecule has 0 saturated carbocycles.